The highest BCUT2D eigenvalue weighted by atomic mass is 32.2. The lowest BCUT2D eigenvalue weighted by molar-refractivity contribution is -0.00834. The predicted octanol–water partition coefficient (Wildman–Crippen LogP) is 4.45. The molecule has 0 bridgehead atoms. The zero-order valence-corrected chi connectivity index (χ0v) is 27.7. The van der Waals surface area contributed by atoms with Crippen molar-refractivity contribution < 1.29 is 32.6 Å². The van der Waals surface area contributed by atoms with Gasteiger partial charge in [0.25, 0.3) is 11.8 Å². The van der Waals surface area contributed by atoms with Crippen LogP contribution in [-0.2, 0) is 14.8 Å². The Morgan fingerprint density at radius 1 is 1.11 bits per heavy atom. The number of pyridine rings is 1. The van der Waals surface area contributed by atoms with E-state index in [9.17, 15) is 23.1 Å². The second-order valence-electron chi connectivity index (χ2n) is 11.8. The summed E-state index contributed by atoms with van der Waals surface area (Å²) in [5.74, 6) is -0.682. The van der Waals surface area contributed by atoms with Crippen molar-refractivity contribution >= 4 is 27.5 Å². The Labute approximate surface area is 271 Å². The number of aromatic nitrogens is 1. The number of ether oxygens (including phenoxy) is 2. The Kier molecular flexibility index (Phi) is 12.3. The molecule has 0 saturated heterocycles. The van der Waals surface area contributed by atoms with Crippen molar-refractivity contribution in [3.8, 4) is 5.75 Å². The molecule has 0 aliphatic carbocycles. The molecule has 4 rings (SSSR count). The molecule has 2 heterocycles. The van der Waals surface area contributed by atoms with E-state index in [4.69, 9.17) is 9.47 Å². The van der Waals surface area contributed by atoms with Crippen LogP contribution in [-0.4, -0.2) is 91.1 Å². The number of rotatable bonds is 8. The highest BCUT2D eigenvalue weighted by Crippen LogP contribution is 2.29. The summed E-state index contributed by atoms with van der Waals surface area (Å²) in [7, 11) is -2.24. The largest absolute Gasteiger partial charge is 0.490 e. The second-order valence-corrected chi connectivity index (χ2v) is 13.8. The molecule has 1 aliphatic rings. The van der Waals surface area contributed by atoms with Gasteiger partial charge in [0.2, 0.25) is 10.0 Å². The van der Waals surface area contributed by atoms with Crippen LogP contribution in [0.3, 0.4) is 0 Å². The number of aliphatic hydroxyl groups excluding tert-OH is 1. The number of amides is 2. The molecule has 0 saturated carbocycles. The maximum absolute atomic E-state index is 14.3. The summed E-state index contributed by atoms with van der Waals surface area (Å²) in [5.41, 5.74) is 1.07. The monoisotopic (exact) mass is 652 g/mol. The van der Waals surface area contributed by atoms with Crippen LogP contribution in [0.25, 0.3) is 0 Å². The van der Waals surface area contributed by atoms with Gasteiger partial charge in [0.05, 0.1) is 35.3 Å². The molecular weight excluding hydrogens is 608 g/mol. The molecule has 0 unspecified atom stereocenters. The summed E-state index contributed by atoms with van der Waals surface area (Å²) in [4.78, 5) is 32.9. The van der Waals surface area contributed by atoms with E-state index in [0.717, 1.165) is 12.8 Å². The van der Waals surface area contributed by atoms with Crippen LogP contribution in [0.5, 0.6) is 5.75 Å². The van der Waals surface area contributed by atoms with Crippen LogP contribution < -0.4 is 10.1 Å². The molecule has 2 amide bonds. The third-order valence-corrected chi connectivity index (χ3v) is 9.98. The van der Waals surface area contributed by atoms with Gasteiger partial charge >= 0.3 is 0 Å². The number of sulfonamides is 1. The van der Waals surface area contributed by atoms with Gasteiger partial charge in [-0.25, -0.2) is 8.42 Å². The first-order valence-corrected chi connectivity index (χ1v) is 17.0. The topological polar surface area (TPSA) is 138 Å². The van der Waals surface area contributed by atoms with Crippen LogP contribution >= 0.6 is 0 Å². The number of nitrogens with zero attached hydrogens (tertiary/aromatic N) is 3. The van der Waals surface area contributed by atoms with Gasteiger partial charge < -0.3 is 24.8 Å². The smallest absolute Gasteiger partial charge is 0.258 e. The van der Waals surface area contributed by atoms with Crippen molar-refractivity contribution in [2.75, 3.05) is 38.7 Å². The van der Waals surface area contributed by atoms with E-state index in [1.54, 1.807) is 72.5 Å². The van der Waals surface area contributed by atoms with E-state index in [1.807, 2.05) is 13.8 Å². The van der Waals surface area contributed by atoms with Gasteiger partial charge in [-0.15, -0.1) is 0 Å². The Morgan fingerprint density at radius 3 is 2.52 bits per heavy atom. The fourth-order valence-electron chi connectivity index (χ4n) is 5.29. The van der Waals surface area contributed by atoms with Crippen LogP contribution in [0.4, 0.5) is 5.69 Å². The number of benzene rings is 2. The Morgan fingerprint density at radius 2 is 1.83 bits per heavy atom. The van der Waals surface area contributed by atoms with Crippen molar-refractivity contribution in [1.82, 2.24) is 14.2 Å². The van der Waals surface area contributed by atoms with Gasteiger partial charge in [0, 0.05) is 56.3 Å². The molecular formula is C34H44N4O7S. The van der Waals surface area contributed by atoms with Crippen molar-refractivity contribution in [3.63, 3.8) is 0 Å². The molecule has 12 heteroatoms. The highest BCUT2D eigenvalue weighted by molar-refractivity contribution is 7.89. The van der Waals surface area contributed by atoms with Gasteiger partial charge in [0.1, 0.15) is 5.75 Å². The first-order chi connectivity index (χ1) is 22.0. The zero-order valence-electron chi connectivity index (χ0n) is 26.8. The van der Waals surface area contributed by atoms with E-state index in [0.29, 0.717) is 30.0 Å². The number of aliphatic hydroxyl groups is 1. The molecule has 0 radical (unpaired) electrons. The summed E-state index contributed by atoms with van der Waals surface area (Å²) in [6.45, 7) is 5.96. The average Bonchev–Trinajstić information content (AvgIpc) is 3.06. The molecule has 11 nitrogen and oxygen atoms in total. The van der Waals surface area contributed by atoms with Crippen LogP contribution in [0, 0.1) is 5.92 Å². The fraction of sp³-hybridized carbons (Fsp3) is 0.441. The molecule has 1 aliphatic heterocycles. The van der Waals surface area contributed by atoms with Crippen molar-refractivity contribution in [2.45, 2.75) is 63.2 Å². The van der Waals surface area contributed by atoms with E-state index in [1.165, 1.54) is 23.7 Å². The molecule has 1 aromatic heterocycles. The lowest BCUT2D eigenvalue weighted by atomic mass is 10.0. The summed E-state index contributed by atoms with van der Waals surface area (Å²) in [5, 5.41) is 13.0. The summed E-state index contributed by atoms with van der Waals surface area (Å²) < 4.78 is 40.5. The van der Waals surface area contributed by atoms with Gasteiger partial charge in [-0.05, 0) is 75.6 Å². The Hall–Kier alpha value is -3.84. The maximum atomic E-state index is 14.3. The van der Waals surface area contributed by atoms with E-state index >= 15 is 0 Å². The number of anilines is 1. The Bertz CT molecular complexity index is 1560. The SMILES string of the molecule is C[C@@H]1CN([C@H](C)CO)C(=O)c2cc(NC(=O)c3ccncc3)ccc2O[C@@H](C)CCCCO[C@@H]1CN(C)S(=O)(=O)c1ccccc1. The number of carbonyl (C=O) groups excluding carboxylic acids is 2. The van der Waals surface area contributed by atoms with E-state index in [-0.39, 0.29) is 48.1 Å². The first-order valence-electron chi connectivity index (χ1n) is 15.6. The van der Waals surface area contributed by atoms with Crippen molar-refractivity contribution in [1.29, 1.82) is 0 Å². The lowest BCUT2D eigenvalue weighted by Crippen LogP contribution is -2.48. The quantitative estimate of drug-likeness (QED) is 0.364. The predicted molar refractivity (Wildman–Crippen MR) is 175 cm³/mol. The molecule has 46 heavy (non-hydrogen) atoms. The van der Waals surface area contributed by atoms with Gasteiger partial charge in [0.15, 0.2) is 0 Å². The molecule has 3 aromatic rings. The number of fused-ring (bicyclic) bond motifs is 1. The second kappa shape index (κ2) is 16.1. The van der Waals surface area contributed by atoms with Crippen molar-refractivity contribution in [2.24, 2.45) is 5.92 Å². The molecule has 2 aromatic carbocycles. The average molecular weight is 653 g/mol. The summed E-state index contributed by atoms with van der Waals surface area (Å²) >= 11 is 0. The van der Waals surface area contributed by atoms with E-state index in [2.05, 4.69) is 10.3 Å². The molecule has 0 fully saturated rings. The van der Waals surface area contributed by atoms with E-state index < -0.39 is 28.1 Å². The van der Waals surface area contributed by atoms with Crippen molar-refractivity contribution in [3.05, 3.63) is 84.2 Å². The fourth-order valence-corrected chi connectivity index (χ4v) is 6.50. The van der Waals surface area contributed by atoms with Crippen LogP contribution in [0.15, 0.2) is 78.0 Å². The number of likely N-dealkylation sites (N-methyl/N-ethyl adjacent to an activating group) is 1. The maximum Gasteiger partial charge on any atom is 0.258 e. The normalized spacial score (nSPS) is 20.7. The lowest BCUT2D eigenvalue weighted by Gasteiger charge is -2.35. The molecule has 0 spiro atoms. The number of carbonyl (C=O) groups is 2. The number of hydrogen-bond acceptors (Lipinski definition) is 8. The minimum absolute atomic E-state index is 0.0786. The zero-order chi connectivity index (χ0) is 33.3. The summed E-state index contributed by atoms with van der Waals surface area (Å²) in [6.07, 6.45) is 4.55. The highest BCUT2D eigenvalue weighted by Gasteiger charge is 2.32. The Balaban J connectivity index is 1.65. The van der Waals surface area contributed by atoms with Crippen LogP contribution in [0.1, 0.15) is 60.7 Å². The van der Waals surface area contributed by atoms with Gasteiger partial charge in [-0.2, -0.15) is 4.31 Å². The number of nitrogens with one attached hydrogen (secondary N) is 1. The summed E-state index contributed by atoms with van der Waals surface area (Å²) in [6, 6.07) is 15.8. The van der Waals surface area contributed by atoms with Gasteiger partial charge in [-0.3, -0.25) is 14.6 Å². The number of hydrogen-bond donors (Lipinski definition) is 2. The third-order valence-electron chi connectivity index (χ3n) is 8.14. The van der Waals surface area contributed by atoms with Gasteiger partial charge in [-0.1, -0.05) is 25.1 Å². The molecule has 248 valence electrons. The molecule has 4 atom stereocenters. The minimum atomic E-state index is -3.77. The molecule has 2 N–H and O–H groups in total. The first kappa shape index (κ1) is 35.0. The minimum Gasteiger partial charge on any atom is -0.490 e. The standard InChI is InChI=1S/C34H44N4O7S/c1-24-21-38(25(2)23-39)34(41)30-20-28(36-33(40)27-15-17-35-18-16-27)13-14-31(30)45-26(3)10-8-9-19-44-32(24)22-37(4)46(42,43)29-11-6-5-7-12-29/h5-7,11-18,20,24-26,32,39H,8-10,19,21-23H2,1-4H3,(H,36,40)/t24-,25-,26+,32-/m1/s1. The van der Waals surface area contributed by atoms with Crippen LogP contribution in [0.2, 0.25) is 0 Å². The third kappa shape index (κ3) is 8.91.